The second-order valence-corrected chi connectivity index (χ2v) is 17.0. The van der Waals surface area contributed by atoms with Crippen LogP contribution in [0.25, 0.3) is 0 Å². The fraction of sp³-hybridized carbons (Fsp3) is 0.800. The summed E-state index contributed by atoms with van der Waals surface area (Å²) in [7, 11) is -3.82. The lowest BCUT2D eigenvalue weighted by Gasteiger charge is -2.15. The van der Waals surface area contributed by atoms with Gasteiger partial charge in [0.1, 0.15) is 30.0 Å². The number of rotatable bonds is 41. The number of H-pyrrole nitrogens is 1. The summed E-state index contributed by atoms with van der Waals surface area (Å²) in [5.74, 6) is -5.29. The van der Waals surface area contributed by atoms with Crippen LogP contribution in [0, 0.1) is 5.92 Å². The Kier molecular flexibility index (Phi) is 30.1. The zero-order valence-electron chi connectivity index (χ0n) is 35.3. The largest absolute Gasteiger partial charge is 0.481 e. The number of unbranched alkanes of at least 4 members (excludes halogenated alkanes) is 12. The van der Waals surface area contributed by atoms with Crippen LogP contribution in [0.2, 0.25) is 0 Å². The first-order chi connectivity index (χ1) is 28.7. The fourth-order valence-corrected chi connectivity index (χ4v) is 7.36. The van der Waals surface area contributed by atoms with E-state index in [0.29, 0.717) is 12.8 Å². The highest BCUT2D eigenvalue weighted by Gasteiger charge is 2.25. The third-order valence-electron chi connectivity index (χ3n) is 9.69. The maximum Gasteiger partial charge on any atom is 0.326 e. The summed E-state index contributed by atoms with van der Waals surface area (Å²) in [6.07, 6.45) is 15.3. The molecule has 0 fully saturated rings. The number of aryl methyl sites for hydroxylation is 1. The van der Waals surface area contributed by atoms with E-state index in [0.717, 1.165) is 44.3 Å². The Morgan fingerprint density at radius 2 is 1.25 bits per heavy atom. The number of ether oxygens (including phenoxy) is 2. The number of aromatic nitrogens is 4. The quantitative estimate of drug-likeness (QED) is 0.0577. The molecule has 0 saturated heterocycles. The van der Waals surface area contributed by atoms with Crippen LogP contribution in [-0.4, -0.2) is 119 Å². The molecule has 0 saturated carbocycles. The third kappa shape index (κ3) is 30.8. The molecule has 0 spiro atoms. The summed E-state index contributed by atoms with van der Waals surface area (Å²) in [6, 6.07) is -1.39. The number of carboxylic acids is 2. The van der Waals surface area contributed by atoms with Gasteiger partial charge >= 0.3 is 11.9 Å². The number of hydrogen-bond donors (Lipinski definition) is 5. The molecule has 0 aliphatic rings. The summed E-state index contributed by atoms with van der Waals surface area (Å²) >= 11 is 0. The number of amides is 2. The van der Waals surface area contributed by atoms with Crippen molar-refractivity contribution in [3.8, 4) is 0 Å². The Balaban J connectivity index is 2.01. The average molecular weight is 873 g/mol. The van der Waals surface area contributed by atoms with Crippen molar-refractivity contribution in [1.29, 1.82) is 0 Å². The fourth-order valence-electron chi connectivity index (χ4n) is 6.28. The molecular weight excluding hydrogens is 805 g/mol. The molecule has 342 valence electrons. The zero-order valence-corrected chi connectivity index (χ0v) is 36.1. The number of tetrazole rings is 1. The minimum absolute atomic E-state index is 0.00251. The molecule has 1 heterocycles. The molecule has 19 nitrogen and oxygen atoms in total. The van der Waals surface area contributed by atoms with Crippen molar-refractivity contribution in [2.24, 2.45) is 5.92 Å². The van der Waals surface area contributed by atoms with Crippen LogP contribution >= 0.6 is 0 Å². The first-order valence-corrected chi connectivity index (χ1v) is 23.0. The molecule has 20 heteroatoms. The molecule has 60 heavy (non-hydrogen) atoms. The lowest BCUT2D eigenvalue weighted by atomic mass is 9.94. The van der Waals surface area contributed by atoms with Crippen LogP contribution in [0.1, 0.15) is 160 Å². The molecule has 0 unspecified atom stereocenters. The van der Waals surface area contributed by atoms with E-state index in [4.69, 9.17) is 9.47 Å². The molecule has 2 atom stereocenters. The number of hydrogen-bond acceptors (Lipinski definition) is 14. The van der Waals surface area contributed by atoms with Crippen LogP contribution < -0.4 is 10.0 Å². The topological polar surface area (TPSA) is 291 Å². The number of carboxylic acid groups (broad SMARTS) is 2. The smallest absolute Gasteiger partial charge is 0.326 e. The SMILES string of the molecule is CC(=O)CC[C@H](CC(=O)CC[C@H](NC(=O)COCCOCCCC(=O)CCCS(=O)(=O)NC(=O)CCCCCCCCCCCCCCCc1nn[nH]n1)C(=O)O)C(=O)O. The van der Waals surface area contributed by atoms with E-state index in [9.17, 15) is 52.2 Å². The molecular formula is C40H68N6O13S. The van der Waals surface area contributed by atoms with E-state index in [2.05, 4.69) is 30.7 Å². The van der Waals surface area contributed by atoms with Crippen molar-refractivity contribution in [3.05, 3.63) is 5.82 Å². The zero-order chi connectivity index (χ0) is 44.4. The van der Waals surface area contributed by atoms with Crippen LogP contribution in [0.5, 0.6) is 0 Å². The van der Waals surface area contributed by atoms with E-state index in [1.54, 1.807) is 0 Å². The van der Waals surface area contributed by atoms with Gasteiger partial charge in [-0.1, -0.05) is 75.8 Å². The first-order valence-electron chi connectivity index (χ1n) is 21.4. The van der Waals surface area contributed by atoms with Gasteiger partial charge < -0.3 is 29.8 Å². The molecule has 0 radical (unpaired) electrons. The van der Waals surface area contributed by atoms with E-state index >= 15 is 0 Å². The van der Waals surface area contributed by atoms with Gasteiger partial charge in [0, 0.05) is 51.6 Å². The van der Waals surface area contributed by atoms with Gasteiger partial charge in [-0.15, -0.1) is 10.2 Å². The van der Waals surface area contributed by atoms with Gasteiger partial charge in [0.15, 0.2) is 5.82 Å². The highest BCUT2D eigenvalue weighted by Crippen LogP contribution is 2.16. The monoisotopic (exact) mass is 872 g/mol. The highest BCUT2D eigenvalue weighted by atomic mass is 32.2. The second-order valence-electron chi connectivity index (χ2n) is 15.2. The summed E-state index contributed by atoms with van der Waals surface area (Å²) < 4.78 is 37.3. The number of carbonyl (C=O) groups excluding carboxylic acids is 5. The van der Waals surface area contributed by atoms with Gasteiger partial charge in [0.25, 0.3) is 0 Å². The Hall–Kier alpha value is -4.17. The Labute approximate surface area is 353 Å². The summed E-state index contributed by atoms with van der Waals surface area (Å²) in [5.41, 5.74) is 0. The normalized spacial score (nSPS) is 12.4. The number of nitrogens with zero attached hydrogens (tertiary/aromatic N) is 3. The Bertz CT molecular complexity index is 1530. The number of nitrogens with one attached hydrogen (secondary N) is 3. The maximum atomic E-state index is 12.3. The summed E-state index contributed by atoms with van der Waals surface area (Å²) in [5, 5.41) is 34.9. The average Bonchev–Trinajstić information content (AvgIpc) is 3.70. The molecule has 0 aliphatic carbocycles. The summed E-state index contributed by atoms with van der Waals surface area (Å²) in [4.78, 5) is 82.8. The lowest BCUT2D eigenvalue weighted by Crippen LogP contribution is -2.42. The molecule has 1 rings (SSSR count). The maximum absolute atomic E-state index is 12.3. The van der Waals surface area contributed by atoms with Crippen molar-refractivity contribution in [3.63, 3.8) is 0 Å². The van der Waals surface area contributed by atoms with Gasteiger partial charge in [0.2, 0.25) is 21.8 Å². The van der Waals surface area contributed by atoms with Crippen molar-refractivity contribution in [1.82, 2.24) is 30.7 Å². The van der Waals surface area contributed by atoms with Crippen molar-refractivity contribution < 1.29 is 61.7 Å². The van der Waals surface area contributed by atoms with Crippen LogP contribution in [0.4, 0.5) is 0 Å². The first kappa shape index (κ1) is 53.8. The van der Waals surface area contributed by atoms with E-state index in [1.165, 1.54) is 51.9 Å². The predicted octanol–water partition coefficient (Wildman–Crippen LogP) is 4.19. The lowest BCUT2D eigenvalue weighted by molar-refractivity contribution is -0.145. The predicted molar refractivity (Wildman–Crippen MR) is 219 cm³/mol. The Morgan fingerprint density at radius 1 is 0.650 bits per heavy atom. The number of carbonyl (C=O) groups is 7. The van der Waals surface area contributed by atoms with Crippen molar-refractivity contribution in [2.75, 3.05) is 32.2 Å². The minimum atomic E-state index is -3.82. The van der Waals surface area contributed by atoms with Crippen LogP contribution in [0.15, 0.2) is 0 Å². The van der Waals surface area contributed by atoms with Gasteiger partial charge in [-0.05, 0) is 45.4 Å². The third-order valence-corrected chi connectivity index (χ3v) is 11.1. The standard InChI is InChI=1S/C40H68N6O13S/c1-31(47)21-22-32(39(52)53)29-34(49)23-24-35(40(54)55)41-38(51)30-59-27-26-58-25-15-17-33(48)18-16-28-60(56,57)44-37(50)20-14-12-10-8-6-4-2-3-5-7-9-11-13-19-36-42-45-46-43-36/h32,35H,2-30H2,1H3,(H,41,51)(H,44,50)(H,52,53)(H,54,55)(H,42,43,45,46)/t32-,35+/m1/s1. The number of ketones is 3. The van der Waals surface area contributed by atoms with E-state index in [1.807, 2.05) is 0 Å². The highest BCUT2D eigenvalue weighted by molar-refractivity contribution is 7.90. The molecule has 0 bridgehead atoms. The van der Waals surface area contributed by atoms with E-state index in [-0.39, 0.29) is 94.9 Å². The Morgan fingerprint density at radius 3 is 1.83 bits per heavy atom. The van der Waals surface area contributed by atoms with Crippen LogP contribution in [0.3, 0.4) is 0 Å². The van der Waals surface area contributed by atoms with Crippen LogP contribution in [-0.2, 0) is 59.5 Å². The second kappa shape index (κ2) is 33.5. The molecule has 1 aromatic heterocycles. The molecule has 5 N–H and O–H groups in total. The molecule has 1 aromatic rings. The molecule has 0 aromatic carbocycles. The number of Topliss-reactive ketones (excluding diaryl/α,β-unsaturated/α-hetero) is 3. The van der Waals surface area contributed by atoms with Gasteiger partial charge in [-0.25, -0.2) is 13.2 Å². The van der Waals surface area contributed by atoms with Crippen molar-refractivity contribution >= 4 is 51.1 Å². The minimum Gasteiger partial charge on any atom is -0.481 e. The summed E-state index contributed by atoms with van der Waals surface area (Å²) in [6.45, 7) is 1.17. The van der Waals surface area contributed by atoms with Gasteiger partial charge in [0.05, 0.1) is 24.9 Å². The number of aliphatic carboxylic acids is 2. The van der Waals surface area contributed by atoms with Gasteiger partial charge in [-0.3, -0.25) is 28.7 Å². The molecule has 0 aliphatic heterocycles. The van der Waals surface area contributed by atoms with Gasteiger partial charge in [-0.2, -0.15) is 5.21 Å². The number of aromatic amines is 1. The van der Waals surface area contributed by atoms with E-state index < -0.39 is 58.1 Å². The number of sulfonamides is 1. The molecule has 2 amide bonds. The van der Waals surface area contributed by atoms with Crippen molar-refractivity contribution in [2.45, 2.75) is 167 Å².